The fourth-order valence-corrected chi connectivity index (χ4v) is 2.55. The van der Waals surface area contributed by atoms with Crippen LogP contribution in [0.4, 0.5) is 13.2 Å². The molecule has 23 heavy (non-hydrogen) atoms. The van der Waals surface area contributed by atoms with Gasteiger partial charge in [0.2, 0.25) is 0 Å². The van der Waals surface area contributed by atoms with Crippen LogP contribution in [0.5, 0.6) is 0 Å². The predicted octanol–water partition coefficient (Wildman–Crippen LogP) is 2.39. The second kappa shape index (κ2) is 7.79. The number of esters is 1. The Balaban J connectivity index is 1.79. The number of piperazine rings is 1. The van der Waals surface area contributed by atoms with E-state index in [4.69, 9.17) is 4.74 Å². The lowest BCUT2D eigenvalue weighted by Crippen LogP contribution is -2.47. The van der Waals surface area contributed by atoms with Gasteiger partial charge in [0.25, 0.3) is 0 Å². The van der Waals surface area contributed by atoms with Crippen molar-refractivity contribution in [2.24, 2.45) is 0 Å². The van der Waals surface area contributed by atoms with Crippen molar-refractivity contribution in [3.05, 3.63) is 35.4 Å². The van der Waals surface area contributed by atoms with Gasteiger partial charge in [-0.25, -0.2) is 0 Å². The standard InChI is InChI=1S/C16H21F3N2O2/c1-2-23-15(22)12-21-9-7-20(8-10-21)11-13-3-5-14(6-4-13)16(17,18)19/h3-6H,2,7-12H2,1H3. The smallest absolute Gasteiger partial charge is 0.416 e. The number of ether oxygens (including phenoxy) is 1. The van der Waals surface area contributed by atoms with Crippen molar-refractivity contribution in [2.75, 3.05) is 39.3 Å². The van der Waals surface area contributed by atoms with Gasteiger partial charge in [-0.05, 0) is 24.6 Å². The SMILES string of the molecule is CCOC(=O)CN1CCN(Cc2ccc(C(F)(F)F)cc2)CC1. The molecule has 0 unspecified atom stereocenters. The number of alkyl halides is 3. The molecule has 128 valence electrons. The van der Waals surface area contributed by atoms with Crippen LogP contribution < -0.4 is 0 Å². The maximum atomic E-state index is 12.5. The highest BCUT2D eigenvalue weighted by Gasteiger charge is 2.30. The van der Waals surface area contributed by atoms with Crippen molar-refractivity contribution in [3.8, 4) is 0 Å². The number of halogens is 3. The number of nitrogens with zero attached hydrogens (tertiary/aromatic N) is 2. The van der Waals surface area contributed by atoms with Crippen LogP contribution in [0.2, 0.25) is 0 Å². The number of hydrogen-bond donors (Lipinski definition) is 0. The van der Waals surface area contributed by atoms with Crippen LogP contribution in [-0.4, -0.2) is 55.1 Å². The topological polar surface area (TPSA) is 32.8 Å². The van der Waals surface area contributed by atoms with Gasteiger partial charge < -0.3 is 4.74 Å². The Bertz CT molecular complexity index is 509. The zero-order valence-electron chi connectivity index (χ0n) is 13.1. The molecule has 0 atom stereocenters. The van der Waals surface area contributed by atoms with E-state index in [1.807, 2.05) is 4.90 Å². The summed E-state index contributed by atoms with van der Waals surface area (Å²) in [5, 5.41) is 0. The van der Waals surface area contributed by atoms with Gasteiger partial charge in [-0.1, -0.05) is 12.1 Å². The first-order valence-corrected chi connectivity index (χ1v) is 7.65. The average Bonchev–Trinajstić information content (AvgIpc) is 2.49. The van der Waals surface area contributed by atoms with Gasteiger partial charge in [-0.2, -0.15) is 13.2 Å². The minimum absolute atomic E-state index is 0.219. The second-order valence-electron chi connectivity index (χ2n) is 5.55. The molecule has 0 saturated carbocycles. The molecule has 0 spiro atoms. The molecule has 1 aliphatic rings. The zero-order valence-corrected chi connectivity index (χ0v) is 13.1. The fourth-order valence-electron chi connectivity index (χ4n) is 2.55. The van der Waals surface area contributed by atoms with Gasteiger partial charge in [0.1, 0.15) is 0 Å². The van der Waals surface area contributed by atoms with E-state index in [0.29, 0.717) is 19.7 Å². The maximum absolute atomic E-state index is 12.5. The number of carbonyl (C=O) groups is 1. The third kappa shape index (κ3) is 5.51. The van der Waals surface area contributed by atoms with E-state index < -0.39 is 11.7 Å². The van der Waals surface area contributed by atoms with Crippen molar-refractivity contribution >= 4 is 5.97 Å². The summed E-state index contributed by atoms with van der Waals surface area (Å²) in [5.41, 5.74) is 0.234. The molecule has 1 saturated heterocycles. The van der Waals surface area contributed by atoms with Gasteiger partial charge in [-0.15, -0.1) is 0 Å². The number of hydrogen-bond acceptors (Lipinski definition) is 4. The minimum Gasteiger partial charge on any atom is -0.465 e. The fraction of sp³-hybridized carbons (Fsp3) is 0.562. The van der Waals surface area contributed by atoms with Crippen molar-refractivity contribution in [3.63, 3.8) is 0 Å². The third-order valence-corrected chi connectivity index (χ3v) is 3.81. The van der Waals surface area contributed by atoms with Crippen LogP contribution in [0.3, 0.4) is 0 Å². The van der Waals surface area contributed by atoms with Crippen LogP contribution in [-0.2, 0) is 22.3 Å². The normalized spacial score (nSPS) is 17.2. The largest absolute Gasteiger partial charge is 0.465 e. The van der Waals surface area contributed by atoms with Crippen LogP contribution >= 0.6 is 0 Å². The minimum atomic E-state index is -4.29. The molecule has 0 bridgehead atoms. The van der Waals surface area contributed by atoms with Crippen molar-refractivity contribution in [2.45, 2.75) is 19.6 Å². The monoisotopic (exact) mass is 330 g/mol. The van der Waals surface area contributed by atoms with E-state index >= 15 is 0 Å². The number of benzene rings is 1. The Morgan fingerprint density at radius 1 is 1.09 bits per heavy atom. The lowest BCUT2D eigenvalue weighted by molar-refractivity contribution is -0.145. The zero-order chi connectivity index (χ0) is 16.9. The summed E-state index contributed by atoms with van der Waals surface area (Å²) >= 11 is 0. The summed E-state index contributed by atoms with van der Waals surface area (Å²) < 4.78 is 42.5. The van der Waals surface area contributed by atoms with Gasteiger partial charge in [-0.3, -0.25) is 14.6 Å². The molecule has 7 heteroatoms. The number of carbonyl (C=O) groups excluding carboxylic acids is 1. The lowest BCUT2D eigenvalue weighted by atomic mass is 10.1. The summed E-state index contributed by atoms with van der Waals surface area (Å²) in [7, 11) is 0. The van der Waals surface area contributed by atoms with Crippen molar-refractivity contribution in [1.82, 2.24) is 9.80 Å². The molecular weight excluding hydrogens is 309 g/mol. The summed E-state index contributed by atoms with van der Waals surface area (Å²) in [6.45, 7) is 6.12. The highest BCUT2D eigenvalue weighted by Crippen LogP contribution is 2.29. The Hall–Kier alpha value is -1.60. The molecule has 0 aliphatic carbocycles. The highest BCUT2D eigenvalue weighted by atomic mass is 19.4. The highest BCUT2D eigenvalue weighted by molar-refractivity contribution is 5.71. The van der Waals surface area contributed by atoms with Gasteiger partial charge in [0.05, 0.1) is 18.7 Å². The number of rotatable bonds is 5. The van der Waals surface area contributed by atoms with Gasteiger partial charge >= 0.3 is 12.1 Å². The Kier molecular flexibility index (Phi) is 6.01. The van der Waals surface area contributed by atoms with E-state index in [1.54, 1.807) is 6.92 Å². The summed E-state index contributed by atoms with van der Waals surface area (Å²) in [4.78, 5) is 15.6. The summed E-state index contributed by atoms with van der Waals surface area (Å²) in [6.07, 6.45) is -4.29. The molecule has 1 aromatic carbocycles. The van der Waals surface area contributed by atoms with E-state index in [9.17, 15) is 18.0 Å². The molecule has 1 aliphatic heterocycles. The Morgan fingerprint density at radius 2 is 1.65 bits per heavy atom. The van der Waals surface area contributed by atoms with Crippen LogP contribution in [0.15, 0.2) is 24.3 Å². The first-order valence-electron chi connectivity index (χ1n) is 7.65. The van der Waals surface area contributed by atoms with Gasteiger partial charge in [0.15, 0.2) is 0 Å². The third-order valence-electron chi connectivity index (χ3n) is 3.81. The molecule has 0 radical (unpaired) electrons. The molecular formula is C16H21F3N2O2. The maximum Gasteiger partial charge on any atom is 0.416 e. The molecule has 0 aromatic heterocycles. The second-order valence-corrected chi connectivity index (χ2v) is 5.55. The summed E-state index contributed by atoms with van der Waals surface area (Å²) in [6, 6.07) is 5.28. The Labute approximate surface area is 133 Å². The molecule has 0 amide bonds. The van der Waals surface area contributed by atoms with Crippen LogP contribution in [0.1, 0.15) is 18.1 Å². The predicted molar refractivity (Wildman–Crippen MR) is 79.8 cm³/mol. The van der Waals surface area contributed by atoms with E-state index in [-0.39, 0.29) is 5.97 Å². The molecule has 4 nitrogen and oxygen atoms in total. The van der Waals surface area contributed by atoms with Gasteiger partial charge in [0, 0.05) is 32.7 Å². The molecule has 2 rings (SSSR count). The van der Waals surface area contributed by atoms with E-state index in [2.05, 4.69) is 4.90 Å². The van der Waals surface area contributed by atoms with Crippen LogP contribution in [0.25, 0.3) is 0 Å². The first kappa shape index (κ1) is 17.7. The molecule has 1 heterocycles. The van der Waals surface area contributed by atoms with Crippen molar-refractivity contribution < 1.29 is 22.7 Å². The molecule has 1 fully saturated rings. The summed E-state index contributed by atoms with van der Waals surface area (Å²) in [5.74, 6) is -0.219. The van der Waals surface area contributed by atoms with Crippen LogP contribution in [0, 0.1) is 0 Å². The first-order chi connectivity index (χ1) is 10.9. The van der Waals surface area contributed by atoms with E-state index in [0.717, 1.165) is 43.9 Å². The average molecular weight is 330 g/mol. The Morgan fingerprint density at radius 3 is 2.17 bits per heavy atom. The lowest BCUT2D eigenvalue weighted by Gasteiger charge is -2.34. The van der Waals surface area contributed by atoms with Crippen molar-refractivity contribution in [1.29, 1.82) is 0 Å². The molecule has 1 aromatic rings. The molecule has 0 N–H and O–H groups in total. The quantitative estimate of drug-likeness (QED) is 0.776. The van der Waals surface area contributed by atoms with E-state index in [1.165, 1.54) is 12.1 Å².